The van der Waals surface area contributed by atoms with Gasteiger partial charge >= 0.3 is 0 Å². The van der Waals surface area contributed by atoms with E-state index in [2.05, 4.69) is 73.6 Å². The topological polar surface area (TPSA) is 50.9 Å². The average Bonchev–Trinajstić information content (AvgIpc) is 2.82. The van der Waals surface area contributed by atoms with E-state index in [1.165, 1.54) is 0 Å². The number of hydrogen-bond donors (Lipinski definition) is 1. The summed E-state index contributed by atoms with van der Waals surface area (Å²) in [6.07, 6.45) is 3.53. The van der Waals surface area contributed by atoms with Crippen molar-refractivity contribution in [2.45, 2.75) is 19.9 Å². The van der Waals surface area contributed by atoms with E-state index in [1.807, 2.05) is 18.2 Å². The van der Waals surface area contributed by atoms with Gasteiger partial charge in [-0.05, 0) is 77.2 Å². The number of phenols is 1. The molecule has 0 unspecified atom stereocenters. The number of pyridine rings is 1. The van der Waals surface area contributed by atoms with Crippen molar-refractivity contribution in [3.8, 4) is 17.1 Å². The number of nitrogens with zero attached hydrogens (tertiary/aromatic N) is 3. The van der Waals surface area contributed by atoms with Crippen molar-refractivity contribution in [1.29, 1.82) is 0 Å². The summed E-state index contributed by atoms with van der Waals surface area (Å²) in [7, 11) is 0. The van der Waals surface area contributed by atoms with Gasteiger partial charge in [-0.25, -0.2) is 4.98 Å². The summed E-state index contributed by atoms with van der Waals surface area (Å²) in [5.74, 6) is 1.06. The Morgan fingerprint density at radius 3 is 2.71 bits per heavy atom. The molecule has 2 aromatic heterocycles. The molecule has 0 saturated carbocycles. The summed E-state index contributed by atoms with van der Waals surface area (Å²) in [6.45, 7) is 4.22. The number of phenolic OH excluding ortho intramolecular Hbond substituents is 1. The maximum absolute atomic E-state index is 10.4. The maximum Gasteiger partial charge on any atom is 0.145 e. The first kappa shape index (κ1) is 15.0. The van der Waals surface area contributed by atoms with Gasteiger partial charge in [-0.1, -0.05) is 0 Å². The lowest BCUT2D eigenvalue weighted by atomic mass is 10.2. The minimum Gasteiger partial charge on any atom is -0.506 e. The summed E-state index contributed by atoms with van der Waals surface area (Å²) in [5.41, 5.74) is 2.63. The summed E-state index contributed by atoms with van der Waals surface area (Å²) in [5, 5.41) is 10.4. The zero-order chi connectivity index (χ0) is 15.1. The second-order valence-corrected chi connectivity index (χ2v) is 7.46. The van der Waals surface area contributed by atoms with Crippen LogP contribution in [0.15, 0.2) is 30.6 Å². The zero-order valence-electron chi connectivity index (χ0n) is 11.5. The molecular formula is C15H13I2N3O. The predicted octanol–water partition coefficient (Wildman–Crippen LogP) is 4.59. The van der Waals surface area contributed by atoms with Gasteiger partial charge in [0.2, 0.25) is 0 Å². The fourth-order valence-corrected chi connectivity index (χ4v) is 4.24. The van der Waals surface area contributed by atoms with Crippen molar-refractivity contribution in [1.82, 2.24) is 14.5 Å². The molecule has 0 spiro atoms. The highest BCUT2D eigenvalue weighted by molar-refractivity contribution is 14.1. The van der Waals surface area contributed by atoms with Crippen LogP contribution in [0.4, 0.5) is 0 Å². The fourth-order valence-electron chi connectivity index (χ4n) is 2.40. The second-order valence-electron chi connectivity index (χ2n) is 5.05. The van der Waals surface area contributed by atoms with E-state index < -0.39 is 0 Å². The molecule has 0 aliphatic carbocycles. The lowest BCUT2D eigenvalue weighted by Crippen LogP contribution is -2.03. The minimum atomic E-state index is 0.238. The molecule has 6 heteroatoms. The van der Waals surface area contributed by atoms with Crippen LogP contribution >= 0.6 is 45.2 Å². The van der Waals surface area contributed by atoms with Crippen LogP contribution in [0.3, 0.4) is 0 Å². The summed E-state index contributed by atoms with van der Waals surface area (Å²) < 4.78 is 4.04. The van der Waals surface area contributed by atoms with Gasteiger partial charge < -0.3 is 9.67 Å². The van der Waals surface area contributed by atoms with Gasteiger partial charge in [0.1, 0.15) is 17.1 Å². The van der Waals surface area contributed by atoms with E-state index in [4.69, 9.17) is 0 Å². The molecule has 0 aliphatic rings. The lowest BCUT2D eigenvalue weighted by Gasteiger charge is -2.14. The fraction of sp³-hybridized carbons (Fsp3) is 0.200. The van der Waals surface area contributed by atoms with Crippen molar-refractivity contribution in [2.24, 2.45) is 0 Å². The van der Waals surface area contributed by atoms with Crippen molar-refractivity contribution in [3.63, 3.8) is 0 Å². The van der Waals surface area contributed by atoms with Crippen LogP contribution in [0.25, 0.3) is 22.4 Å². The van der Waals surface area contributed by atoms with Gasteiger partial charge in [0.25, 0.3) is 0 Å². The van der Waals surface area contributed by atoms with Gasteiger partial charge in [-0.15, -0.1) is 0 Å². The molecule has 4 nitrogen and oxygen atoms in total. The van der Waals surface area contributed by atoms with Crippen LogP contribution in [0, 0.1) is 7.14 Å². The summed E-state index contributed by atoms with van der Waals surface area (Å²) >= 11 is 4.40. The number of aromatic hydroxyl groups is 1. The Kier molecular flexibility index (Phi) is 4.08. The molecule has 3 rings (SSSR count). The predicted molar refractivity (Wildman–Crippen MR) is 100 cm³/mol. The van der Waals surface area contributed by atoms with E-state index in [-0.39, 0.29) is 11.8 Å². The highest BCUT2D eigenvalue weighted by Crippen LogP contribution is 2.37. The van der Waals surface area contributed by atoms with Gasteiger partial charge in [-0.3, -0.25) is 4.98 Å². The number of fused-ring (bicyclic) bond motifs is 1. The molecule has 1 N–H and O–H groups in total. The van der Waals surface area contributed by atoms with E-state index in [0.717, 1.165) is 29.6 Å². The molecule has 3 aromatic rings. The highest BCUT2D eigenvalue weighted by Gasteiger charge is 2.19. The summed E-state index contributed by atoms with van der Waals surface area (Å²) in [4.78, 5) is 8.82. The average molecular weight is 505 g/mol. The molecule has 2 heterocycles. The number of imidazole rings is 1. The Morgan fingerprint density at radius 1 is 1.24 bits per heavy atom. The van der Waals surface area contributed by atoms with Crippen LogP contribution in [0.5, 0.6) is 5.75 Å². The molecule has 21 heavy (non-hydrogen) atoms. The number of halogens is 2. The molecule has 0 fully saturated rings. The lowest BCUT2D eigenvalue weighted by molar-refractivity contribution is 0.472. The minimum absolute atomic E-state index is 0.238. The molecule has 108 valence electrons. The standard InChI is InChI=1S/C15H13I2N3O/c1-8(2)20-13-3-4-18-7-12(13)19-15(20)10-5-9(16)6-11(17)14(10)21/h3-8,21H,1-2H3. The third kappa shape index (κ3) is 2.63. The van der Waals surface area contributed by atoms with Gasteiger partial charge in [0, 0.05) is 15.8 Å². The Morgan fingerprint density at radius 2 is 2.00 bits per heavy atom. The van der Waals surface area contributed by atoms with Gasteiger partial charge in [0.15, 0.2) is 0 Å². The van der Waals surface area contributed by atoms with Crippen LogP contribution in [0.2, 0.25) is 0 Å². The molecule has 0 bridgehead atoms. The van der Waals surface area contributed by atoms with Gasteiger partial charge in [0.05, 0.1) is 20.8 Å². The maximum atomic E-state index is 10.4. The number of benzene rings is 1. The van der Waals surface area contributed by atoms with Crippen LogP contribution in [-0.4, -0.2) is 19.6 Å². The first-order valence-electron chi connectivity index (χ1n) is 6.49. The zero-order valence-corrected chi connectivity index (χ0v) is 15.8. The molecule has 0 radical (unpaired) electrons. The second kappa shape index (κ2) is 5.71. The Labute approximate surface area is 149 Å². The summed E-state index contributed by atoms with van der Waals surface area (Å²) in [6, 6.07) is 6.11. The Bertz CT molecular complexity index is 827. The number of hydrogen-bond acceptors (Lipinski definition) is 3. The quantitative estimate of drug-likeness (QED) is 0.519. The number of aromatic nitrogens is 3. The van der Waals surface area contributed by atoms with Crippen molar-refractivity contribution in [3.05, 3.63) is 37.7 Å². The van der Waals surface area contributed by atoms with E-state index >= 15 is 0 Å². The Balaban J connectivity index is 2.38. The van der Waals surface area contributed by atoms with Crippen molar-refractivity contribution < 1.29 is 5.11 Å². The molecule has 0 saturated heterocycles. The number of rotatable bonds is 2. The van der Waals surface area contributed by atoms with Crippen LogP contribution in [-0.2, 0) is 0 Å². The normalized spacial score (nSPS) is 11.5. The largest absolute Gasteiger partial charge is 0.506 e. The van der Waals surface area contributed by atoms with Crippen LogP contribution < -0.4 is 0 Å². The van der Waals surface area contributed by atoms with Crippen LogP contribution in [0.1, 0.15) is 19.9 Å². The first-order valence-corrected chi connectivity index (χ1v) is 8.65. The highest BCUT2D eigenvalue weighted by atomic mass is 127. The molecule has 0 aliphatic heterocycles. The SMILES string of the molecule is CC(C)n1c(-c2cc(I)cc(I)c2O)nc2cnccc21. The molecule has 0 amide bonds. The van der Waals surface area contributed by atoms with E-state index in [9.17, 15) is 5.11 Å². The third-order valence-corrected chi connectivity index (χ3v) is 4.72. The first-order chi connectivity index (χ1) is 9.99. The van der Waals surface area contributed by atoms with E-state index in [0.29, 0.717) is 0 Å². The smallest absolute Gasteiger partial charge is 0.145 e. The molecule has 1 aromatic carbocycles. The third-order valence-electron chi connectivity index (χ3n) is 3.28. The van der Waals surface area contributed by atoms with Crippen molar-refractivity contribution >= 4 is 56.2 Å². The monoisotopic (exact) mass is 505 g/mol. The van der Waals surface area contributed by atoms with Gasteiger partial charge in [-0.2, -0.15) is 0 Å². The Hall–Kier alpha value is -0.900. The molecule has 0 atom stereocenters. The molecular weight excluding hydrogens is 492 g/mol. The van der Waals surface area contributed by atoms with Crippen molar-refractivity contribution in [2.75, 3.05) is 0 Å². The van der Waals surface area contributed by atoms with E-state index in [1.54, 1.807) is 12.4 Å².